The van der Waals surface area contributed by atoms with Crippen molar-refractivity contribution < 1.29 is 18.7 Å². The van der Waals surface area contributed by atoms with Crippen LogP contribution >= 0.6 is 12.2 Å². The van der Waals surface area contributed by atoms with Gasteiger partial charge in [0.1, 0.15) is 17.6 Å². The highest BCUT2D eigenvalue weighted by molar-refractivity contribution is 7.80. The molecule has 3 N–H and O–H groups in total. The number of nitrogens with one attached hydrogen (secondary N) is 3. The molecule has 1 heterocycles. The lowest BCUT2D eigenvalue weighted by Gasteiger charge is -2.36. The van der Waals surface area contributed by atoms with Gasteiger partial charge < -0.3 is 25.6 Å². The number of hydrogen-bond acceptors (Lipinski definition) is 4. The van der Waals surface area contributed by atoms with Gasteiger partial charge in [-0.3, -0.25) is 9.59 Å². The highest BCUT2D eigenvalue weighted by atomic mass is 32.1. The van der Waals surface area contributed by atoms with Crippen molar-refractivity contribution in [1.82, 2.24) is 10.2 Å². The van der Waals surface area contributed by atoms with Gasteiger partial charge in [0.15, 0.2) is 5.11 Å². The number of hydrogen-bond donors (Lipinski definition) is 3. The summed E-state index contributed by atoms with van der Waals surface area (Å²) < 4.78 is 18.2. The van der Waals surface area contributed by atoms with Crippen molar-refractivity contribution in [2.24, 2.45) is 0 Å². The van der Waals surface area contributed by atoms with E-state index in [1.165, 1.54) is 12.1 Å². The Balaban J connectivity index is 1.67. The van der Waals surface area contributed by atoms with Gasteiger partial charge in [0.2, 0.25) is 11.8 Å². The summed E-state index contributed by atoms with van der Waals surface area (Å²) in [6.07, 6.45) is -0.0751. The molecule has 0 spiro atoms. The Hall–Kier alpha value is -3.20. The smallest absolute Gasteiger partial charge is 0.243 e. The molecule has 3 rings (SSSR count). The Morgan fingerprint density at radius 2 is 2.00 bits per heavy atom. The van der Waals surface area contributed by atoms with Crippen LogP contribution in [0.4, 0.5) is 15.8 Å². The van der Waals surface area contributed by atoms with E-state index in [9.17, 15) is 14.0 Å². The zero-order valence-electron chi connectivity index (χ0n) is 15.8. The highest BCUT2D eigenvalue weighted by Crippen LogP contribution is 2.18. The first-order chi connectivity index (χ1) is 14.0. The van der Waals surface area contributed by atoms with E-state index < -0.39 is 6.04 Å². The topological polar surface area (TPSA) is 82.7 Å². The molecule has 2 amide bonds. The fourth-order valence-electron chi connectivity index (χ4n) is 2.98. The van der Waals surface area contributed by atoms with Gasteiger partial charge in [0, 0.05) is 30.5 Å². The molecular weight excluding hydrogens is 395 g/mol. The number of nitrogens with zero attached hydrogens (tertiary/aromatic N) is 1. The second kappa shape index (κ2) is 9.33. The van der Waals surface area contributed by atoms with Crippen LogP contribution in [0.25, 0.3) is 0 Å². The van der Waals surface area contributed by atoms with Crippen LogP contribution < -0.4 is 20.7 Å². The van der Waals surface area contributed by atoms with Crippen molar-refractivity contribution >= 4 is 40.5 Å². The average molecular weight is 416 g/mol. The predicted molar refractivity (Wildman–Crippen MR) is 112 cm³/mol. The monoisotopic (exact) mass is 416 g/mol. The van der Waals surface area contributed by atoms with E-state index in [1.54, 1.807) is 48.4 Å². The van der Waals surface area contributed by atoms with Gasteiger partial charge in [-0.1, -0.05) is 6.07 Å². The zero-order chi connectivity index (χ0) is 20.8. The van der Waals surface area contributed by atoms with Gasteiger partial charge in [0.05, 0.1) is 13.5 Å². The molecule has 152 valence electrons. The molecule has 1 fully saturated rings. The summed E-state index contributed by atoms with van der Waals surface area (Å²) >= 11 is 5.43. The largest absolute Gasteiger partial charge is 0.497 e. The molecule has 2 aromatic carbocycles. The van der Waals surface area contributed by atoms with Crippen molar-refractivity contribution in [2.75, 3.05) is 30.8 Å². The Morgan fingerprint density at radius 3 is 2.72 bits per heavy atom. The Morgan fingerprint density at radius 1 is 1.24 bits per heavy atom. The molecule has 0 saturated carbocycles. The minimum atomic E-state index is -0.755. The van der Waals surface area contributed by atoms with Crippen LogP contribution in [0, 0.1) is 5.82 Å². The lowest BCUT2D eigenvalue weighted by Crippen LogP contribution is -2.58. The fourth-order valence-corrected chi connectivity index (χ4v) is 3.31. The van der Waals surface area contributed by atoms with Crippen LogP contribution in [0.5, 0.6) is 5.75 Å². The normalized spacial score (nSPS) is 16.0. The molecular formula is C20H21FN4O3S. The minimum Gasteiger partial charge on any atom is -0.497 e. The second-order valence-electron chi connectivity index (χ2n) is 6.42. The summed E-state index contributed by atoms with van der Waals surface area (Å²) in [4.78, 5) is 26.6. The summed E-state index contributed by atoms with van der Waals surface area (Å²) in [7, 11) is 1.54. The van der Waals surface area contributed by atoms with E-state index in [4.69, 9.17) is 17.0 Å². The van der Waals surface area contributed by atoms with Crippen LogP contribution in [0.2, 0.25) is 0 Å². The first-order valence-electron chi connectivity index (χ1n) is 9.01. The van der Waals surface area contributed by atoms with Crippen molar-refractivity contribution in [3.8, 4) is 5.75 Å². The number of carbonyl (C=O) groups excluding carboxylic acids is 2. The summed E-state index contributed by atoms with van der Waals surface area (Å²) in [6.45, 7) is 0.869. The van der Waals surface area contributed by atoms with Gasteiger partial charge in [-0.05, 0) is 48.6 Å². The fraction of sp³-hybridized carbons (Fsp3) is 0.250. The highest BCUT2D eigenvalue weighted by Gasteiger charge is 2.33. The molecule has 1 aliphatic rings. The number of thiocarbonyl (C=S) groups is 1. The number of rotatable bonds is 5. The van der Waals surface area contributed by atoms with Crippen molar-refractivity contribution in [2.45, 2.75) is 12.5 Å². The Bertz CT molecular complexity index is 907. The number of anilines is 2. The molecule has 9 heteroatoms. The van der Waals surface area contributed by atoms with E-state index in [0.29, 0.717) is 35.3 Å². The standard InChI is InChI=1S/C20H21FN4O3S/c1-28-16-4-2-3-15(11-16)23-18(26)12-17-19(27)22-9-10-25(17)20(29)24-14-7-5-13(21)6-8-14/h2-8,11,17H,9-10,12H2,1H3,(H,22,27)(H,23,26)(H,24,29)/t17-/m1/s1. The average Bonchev–Trinajstić information content (AvgIpc) is 2.71. The third-order valence-corrected chi connectivity index (χ3v) is 4.76. The van der Waals surface area contributed by atoms with Crippen molar-refractivity contribution in [3.05, 3.63) is 54.3 Å². The molecule has 0 radical (unpaired) electrons. The molecule has 29 heavy (non-hydrogen) atoms. The maximum Gasteiger partial charge on any atom is 0.243 e. The van der Waals surface area contributed by atoms with Crippen LogP contribution in [-0.4, -0.2) is 48.1 Å². The maximum absolute atomic E-state index is 13.1. The summed E-state index contributed by atoms with van der Waals surface area (Å²) in [6, 6.07) is 11.9. The molecule has 0 bridgehead atoms. The molecule has 2 aromatic rings. The summed E-state index contributed by atoms with van der Waals surface area (Å²) in [5, 5.41) is 8.81. The maximum atomic E-state index is 13.1. The second-order valence-corrected chi connectivity index (χ2v) is 6.81. The van der Waals surface area contributed by atoms with Gasteiger partial charge >= 0.3 is 0 Å². The SMILES string of the molecule is COc1cccc(NC(=O)C[C@@H]2C(=O)NCCN2C(=S)Nc2ccc(F)cc2)c1. The Labute approximate surface area is 173 Å². The summed E-state index contributed by atoms with van der Waals surface area (Å²) in [5.41, 5.74) is 1.17. The first-order valence-corrected chi connectivity index (χ1v) is 9.42. The molecule has 1 saturated heterocycles. The number of benzene rings is 2. The van der Waals surface area contributed by atoms with Crippen LogP contribution in [0.1, 0.15) is 6.42 Å². The van der Waals surface area contributed by atoms with E-state index in [2.05, 4.69) is 16.0 Å². The molecule has 0 unspecified atom stereocenters. The summed E-state index contributed by atoms with van der Waals surface area (Å²) in [5.74, 6) is -0.342. The molecule has 0 aliphatic carbocycles. The van der Waals surface area contributed by atoms with Crippen LogP contribution in [0.3, 0.4) is 0 Å². The van der Waals surface area contributed by atoms with E-state index in [1.807, 2.05) is 0 Å². The van der Waals surface area contributed by atoms with Gasteiger partial charge in [0.25, 0.3) is 0 Å². The third-order valence-electron chi connectivity index (χ3n) is 4.42. The Kier molecular flexibility index (Phi) is 6.61. The quantitative estimate of drug-likeness (QED) is 0.649. The van der Waals surface area contributed by atoms with E-state index >= 15 is 0 Å². The molecule has 1 atom stereocenters. The van der Waals surface area contributed by atoms with Gasteiger partial charge in [-0.2, -0.15) is 0 Å². The molecule has 7 nitrogen and oxygen atoms in total. The van der Waals surface area contributed by atoms with Crippen molar-refractivity contribution in [3.63, 3.8) is 0 Å². The zero-order valence-corrected chi connectivity index (χ0v) is 16.6. The predicted octanol–water partition coefficient (Wildman–Crippen LogP) is 2.36. The first kappa shape index (κ1) is 20.5. The van der Waals surface area contributed by atoms with E-state index in [0.717, 1.165) is 0 Å². The number of piperazine rings is 1. The van der Waals surface area contributed by atoms with Gasteiger partial charge in [-0.25, -0.2) is 4.39 Å². The number of methoxy groups -OCH3 is 1. The lowest BCUT2D eigenvalue weighted by molar-refractivity contribution is -0.130. The van der Waals surface area contributed by atoms with E-state index in [-0.39, 0.29) is 24.1 Å². The number of ether oxygens (including phenoxy) is 1. The van der Waals surface area contributed by atoms with Crippen LogP contribution in [-0.2, 0) is 9.59 Å². The number of amides is 2. The molecule has 1 aliphatic heterocycles. The number of halogens is 1. The van der Waals surface area contributed by atoms with Crippen LogP contribution in [0.15, 0.2) is 48.5 Å². The molecule has 0 aromatic heterocycles. The van der Waals surface area contributed by atoms with Crippen molar-refractivity contribution in [1.29, 1.82) is 0 Å². The third kappa shape index (κ3) is 5.41. The number of carbonyl (C=O) groups is 2. The minimum absolute atomic E-state index is 0.0751. The van der Waals surface area contributed by atoms with Gasteiger partial charge in [-0.15, -0.1) is 0 Å². The lowest BCUT2D eigenvalue weighted by atomic mass is 10.1.